The average molecular weight is 261 g/mol. The van der Waals surface area contributed by atoms with Crippen molar-refractivity contribution in [3.63, 3.8) is 0 Å². The van der Waals surface area contributed by atoms with Gasteiger partial charge in [-0.2, -0.15) is 0 Å². The second-order valence-corrected chi connectivity index (χ2v) is 5.61. The van der Waals surface area contributed by atoms with Crippen LogP contribution in [0.5, 0.6) is 0 Å². The third-order valence-electron chi connectivity index (χ3n) is 4.25. The first-order valence-corrected chi connectivity index (χ1v) is 7.19. The minimum absolute atomic E-state index is 0.588. The van der Waals surface area contributed by atoms with E-state index in [1.165, 1.54) is 25.7 Å². The van der Waals surface area contributed by atoms with Gasteiger partial charge in [-0.1, -0.05) is 56.5 Å². The zero-order valence-electron chi connectivity index (χ0n) is 11.5. The first-order chi connectivity index (χ1) is 9.18. The number of aliphatic carboxylic acids is 1. The Balaban J connectivity index is 1.96. The van der Waals surface area contributed by atoms with Crippen molar-refractivity contribution >= 4 is 5.97 Å². The highest BCUT2D eigenvalue weighted by Crippen LogP contribution is 2.29. The van der Waals surface area contributed by atoms with Crippen LogP contribution in [0, 0.1) is 11.8 Å². The third kappa shape index (κ3) is 3.80. The summed E-state index contributed by atoms with van der Waals surface area (Å²) in [5, 5.41) is 12.6. The summed E-state index contributed by atoms with van der Waals surface area (Å²) in [7, 11) is 0. The van der Waals surface area contributed by atoms with Crippen LogP contribution >= 0.6 is 0 Å². The molecule has 0 aromatic heterocycles. The molecular weight excluding hydrogens is 238 g/mol. The molecule has 3 nitrogen and oxygen atoms in total. The largest absolute Gasteiger partial charge is 0.480 e. The molecule has 3 heteroatoms. The summed E-state index contributed by atoms with van der Waals surface area (Å²) >= 11 is 0. The molecule has 1 fully saturated rings. The summed E-state index contributed by atoms with van der Waals surface area (Å²) in [5.74, 6) is 0.514. The Bertz CT molecular complexity index is 404. The van der Waals surface area contributed by atoms with E-state index >= 15 is 0 Å². The van der Waals surface area contributed by atoms with Crippen LogP contribution < -0.4 is 5.32 Å². The first kappa shape index (κ1) is 14.1. The number of carboxylic acid groups (broad SMARTS) is 1. The lowest BCUT2D eigenvalue weighted by Crippen LogP contribution is -2.35. The van der Waals surface area contributed by atoms with Crippen LogP contribution in [0.1, 0.15) is 44.2 Å². The van der Waals surface area contributed by atoms with Gasteiger partial charge >= 0.3 is 5.97 Å². The fraction of sp³-hybridized carbons (Fsp3) is 0.562. The van der Waals surface area contributed by atoms with Crippen molar-refractivity contribution < 1.29 is 9.90 Å². The van der Waals surface area contributed by atoms with E-state index in [4.69, 9.17) is 0 Å². The zero-order chi connectivity index (χ0) is 13.7. The predicted molar refractivity (Wildman–Crippen MR) is 75.9 cm³/mol. The predicted octanol–water partition coefficient (Wildman–Crippen LogP) is 3.23. The highest BCUT2D eigenvalue weighted by atomic mass is 16.4. The quantitative estimate of drug-likeness (QED) is 0.855. The van der Waals surface area contributed by atoms with Gasteiger partial charge in [0.2, 0.25) is 0 Å². The van der Waals surface area contributed by atoms with Crippen molar-refractivity contribution in [2.24, 2.45) is 11.8 Å². The van der Waals surface area contributed by atoms with Crippen LogP contribution in [0.4, 0.5) is 0 Å². The molecule has 0 aliphatic heterocycles. The molecule has 0 heterocycles. The molecule has 19 heavy (non-hydrogen) atoms. The van der Waals surface area contributed by atoms with Crippen molar-refractivity contribution in [2.75, 3.05) is 6.54 Å². The second kappa shape index (κ2) is 6.71. The maximum Gasteiger partial charge on any atom is 0.325 e. The molecule has 2 N–H and O–H groups in total. The molecule has 1 saturated carbocycles. The SMILES string of the molecule is CC1CCCCC1CN[C@H](C(=O)O)c1ccccc1. The van der Waals surface area contributed by atoms with Crippen LogP contribution in [-0.2, 0) is 4.79 Å². The Morgan fingerprint density at radius 3 is 2.63 bits per heavy atom. The molecule has 3 atom stereocenters. The van der Waals surface area contributed by atoms with Gasteiger partial charge in [0.05, 0.1) is 0 Å². The summed E-state index contributed by atoms with van der Waals surface area (Å²) in [4.78, 5) is 11.4. The maximum absolute atomic E-state index is 11.4. The van der Waals surface area contributed by atoms with E-state index in [2.05, 4.69) is 12.2 Å². The molecular formula is C16H23NO2. The lowest BCUT2D eigenvalue weighted by atomic mass is 9.80. The molecule has 0 amide bonds. The zero-order valence-corrected chi connectivity index (χ0v) is 11.5. The molecule has 1 aliphatic carbocycles. The van der Waals surface area contributed by atoms with Crippen LogP contribution in [0.2, 0.25) is 0 Å². The molecule has 1 aromatic carbocycles. The van der Waals surface area contributed by atoms with Gasteiger partial charge in [0.15, 0.2) is 0 Å². The number of hydrogen-bond acceptors (Lipinski definition) is 2. The monoisotopic (exact) mass is 261 g/mol. The number of hydrogen-bond donors (Lipinski definition) is 2. The van der Waals surface area contributed by atoms with Crippen LogP contribution in [0.3, 0.4) is 0 Å². The minimum Gasteiger partial charge on any atom is -0.480 e. The summed E-state index contributed by atoms with van der Waals surface area (Å²) in [6, 6.07) is 8.83. The van der Waals surface area contributed by atoms with Gasteiger partial charge in [-0.05, 0) is 30.4 Å². The van der Waals surface area contributed by atoms with E-state index in [-0.39, 0.29) is 0 Å². The Morgan fingerprint density at radius 1 is 1.32 bits per heavy atom. The molecule has 104 valence electrons. The van der Waals surface area contributed by atoms with Gasteiger partial charge in [0.25, 0.3) is 0 Å². The maximum atomic E-state index is 11.4. The number of carbonyl (C=O) groups is 1. The number of nitrogens with one attached hydrogen (secondary N) is 1. The highest BCUT2D eigenvalue weighted by Gasteiger charge is 2.24. The Morgan fingerprint density at radius 2 is 2.00 bits per heavy atom. The average Bonchev–Trinajstić information content (AvgIpc) is 2.42. The van der Waals surface area contributed by atoms with Crippen molar-refractivity contribution in [2.45, 2.75) is 38.6 Å². The number of benzene rings is 1. The van der Waals surface area contributed by atoms with Gasteiger partial charge in [-0.15, -0.1) is 0 Å². The Labute approximate surface area is 115 Å². The number of rotatable bonds is 5. The summed E-state index contributed by atoms with van der Waals surface area (Å²) in [6.45, 7) is 3.08. The molecule has 1 aromatic rings. The molecule has 0 saturated heterocycles. The van der Waals surface area contributed by atoms with Gasteiger partial charge in [-0.3, -0.25) is 4.79 Å². The van der Waals surface area contributed by atoms with E-state index in [1.807, 2.05) is 30.3 Å². The lowest BCUT2D eigenvalue weighted by molar-refractivity contribution is -0.139. The van der Waals surface area contributed by atoms with Crippen molar-refractivity contribution in [1.82, 2.24) is 5.32 Å². The van der Waals surface area contributed by atoms with Crippen LogP contribution in [0.25, 0.3) is 0 Å². The molecule has 2 rings (SSSR count). The van der Waals surface area contributed by atoms with Gasteiger partial charge in [0, 0.05) is 0 Å². The lowest BCUT2D eigenvalue weighted by Gasteiger charge is -2.30. The van der Waals surface area contributed by atoms with Crippen molar-refractivity contribution in [3.05, 3.63) is 35.9 Å². The molecule has 0 radical (unpaired) electrons. The van der Waals surface area contributed by atoms with Crippen LogP contribution in [-0.4, -0.2) is 17.6 Å². The van der Waals surface area contributed by atoms with Gasteiger partial charge < -0.3 is 10.4 Å². The molecule has 0 spiro atoms. The van der Waals surface area contributed by atoms with Crippen LogP contribution in [0.15, 0.2) is 30.3 Å². The highest BCUT2D eigenvalue weighted by molar-refractivity contribution is 5.75. The fourth-order valence-corrected chi connectivity index (χ4v) is 2.96. The minimum atomic E-state index is -0.797. The topological polar surface area (TPSA) is 49.3 Å². The molecule has 1 aliphatic rings. The van der Waals surface area contributed by atoms with Crippen molar-refractivity contribution in [1.29, 1.82) is 0 Å². The first-order valence-electron chi connectivity index (χ1n) is 7.19. The summed E-state index contributed by atoms with van der Waals surface area (Å²) in [5.41, 5.74) is 0.832. The van der Waals surface area contributed by atoms with E-state index < -0.39 is 12.0 Å². The second-order valence-electron chi connectivity index (χ2n) is 5.61. The standard InChI is InChI=1S/C16H23NO2/c1-12-7-5-6-10-14(12)11-17-15(16(18)19)13-8-3-2-4-9-13/h2-4,8-9,12,14-15,17H,5-7,10-11H2,1H3,(H,18,19)/t12?,14?,15-/m0/s1. The normalized spacial score (nSPS) is 24.9. The summed E-state index contributed by atoms with van der Waals surface area (Å²) in [6.07, 6.45) is 5.09. The smallest absolute Gasteiger partial charge is 0.325 e. The molecule has 2 unspecified atom stereocenters. The molecule has 0 bridgehead atoms. The third-order valence-corrected chi connectivity index (χ3v) is 4.25. The fourth-order valence-electron chi connectivity index (χ4n) is 2.96. The van der Waals surface area contributed by atoms with E-state index in [0.29, 0.717) is 11.8 Å². The van der Waals surface area contributed by atoms with E-state index in [1.54, 1.807) is 0 Å². The Hall–Kier alpha value is -1.35. The van der Waals surface area contributed by atoms with Gasteiger partial charge in [0.1, 0.15) is 6.04 Å². The summed E-state index contributed by atoms with van der Waals surface area (Å²) < 4.78 is 0. The number of carboxylic acids is 1. The van der Waals surface area contributed by atoms with Crippen molar-refractivity contribution in [3.8, 4) is 0 Å². The van der Waals surface area contributed by atoms with E-state index in [9.17, 15) is 9.90 Å². The van der Waals surface area contributed by atoms with E-state index in [0.717, 1.165) is 12.1 Å². The Kier molecular flexibility index (Phi) is 4.97. The van der Waals surface area contributed by atoms with Gasteiger partial charge in [-0.25, -0.2) is 0 Å².